The molecule has 0 radical (unpaired) electrons. The topological polar surface area (TPSA) is 93.7 Å². The van der Waals surface area contributed by atoms with Crippen LogP contribution < -0.4 is 10.6 Å². The first-order valence-corrected chi connectivity index (χ1v) is 13.5. The number of nitrogens with one attached hydrogen (secondary N) is 2. The van der Waals surface area contributed by atoms with Crippen molar-refractivity contribution in [3.63, 3.8) is 0 Å². The van der Waals surface area contributed by atoms with Crippen LogP contribution in [0.15, 0.2) is 83.4 Å². The zero-order valence-corrected chi connectivity index (χ0v) is 23.9. The van der Waals surface area contributed by atoms with Gasteiger partial charge in [-0.1, -0.05) is 64.5 Å². The Kier molecular flexibility index (Phi) is 11.3. The quantitative estimate of drug-likeness (QED) is 0.190. The second-order valence-corrected chi connectivity index (χ2v) is 9.92. The van der Waals surface area contributed by atoms with Gasteiger partial charge in [0, 0.05) is 10.2 Å². The van der Waals surface area contributed by atoms with Gasteiger partial charge in [-0.25, -0.2) is 4.79 Å². The fraction of sp³-hybridized carbons (Fsp3) is 0.258. The normalized spacial score (nSPS) is 11.6. The number of anilines is 1. The zero-order valence-electron chi connectivity index (χ0n) is 22.3. The van der Waals surface area contributed by atoms with E-state index in [9.17, 15) is 14.4 Å². The number of esters is 1. The molecule has 0 aromatic heterocycles. The van der Waals surface area contributed by atoms with Crippen molar-refractivity contribution in [3.05, 3.63) is 111 Å². The Morgan fingerprint density at radius 1 is 0.949 bits per heavy atom. The molecular weight excluding hydrogens is 560 g/mol. The summed E-state index contributed by atoms with van der Waals surface area (Å²) in [7, 11) is 0. The van der Waals surface area contributed by atoms with Crippen molar-refractivity contribution >= 4 is 39.6 Å². The van der Waals surface area contributed by atoms with E-state index in [1.165, 1.54) is 11.6 Å². The monoisotopic (exact) mass is 592 g/mol. The number of carbonyl (C=O) groups is 3. The van der Waals surface area contributed by atoms with Crippen LogP contribution in [0.4, 0.5) is 10.5 Å². The summed E-state index contributed by atoms with van der Waals surface area (Å²) in [5.41, 5.74) is 5.49. The van der Waals surface area contributed by atoms with Crippen LogP contribution in [-0.4, -0.2) is 24.6 Å². The average Bonchev–Trinajstić information content (AvgIpc) is 2.89. The van der Waals surface area contributed by atoms with Gasteiger partial charge < -0.3 is 20.1 Å². The van der Waals surface area contributed by atoms with Gasteiger partial charge in [0.1, 0.15) is 6.61 Å². The lowest BCUT2D eigenvalue weighted by atomic mass is 10.00. The summed E-state index contributed by atoms with van der Waals surface area (Å²) in [6.45, 7) is 6.14. The number of ether oxygens (including phenoxy) is 2. The molecule has 0 aliphatic heterocycles. The van der Waals surface area contributed by atoms with Crippen molar-refractivity contribution in [1.82, 2.24) is 5.32 Å². The Labute approximate surface area is 237 Å². The van der Waals surface area contributed by atoms with Gasteiger partial charge in [0.05, 0.1) is 19.1 Å². The number of hydrogen-bond donors (Lipinski definition) is 2. The number of benzene rings is 3. The van der Waals surface area contributed by atoms with E-state index in [4.69, 9.17) is 9.47 Å². The third kappa shape index (κ3) is 9.72. The van der Waals surface area contributed by atoms with Gasteiger partial charge in [-0.05, 0) is 85.4 Å². The lowest BCUT2D eigenvalue weighted by Crippen LogP contribution is -2.31. The van der Waals surface area contributed by atoms with Gasteiger partial charge in [0.15, 0.2) is 0 Å². The van der Waals surface area contributed by atoms with Crippen molar-refractivity contribution in [3.8, 4) is 0 Å². The van der Waals surface area contributed by atoms with E-state index in [0.29, 0.717) is 17.7 Å². The van der Waals surface area contributed by atoms with E-state index < -0.39 is 18.1 Å². The number of hydrogen-bond acceptors (Lipinski definition) is 5. The van der Waals surface area contributed by atoms with Crippen molar-refractivity contribution in [2.75, 3.05) is 11.9 Å². The molecule has 0 fully saturated rings. The van der Waals surface area contributed by atoms with Crippen molar-refractivity contribution < 1.29 is 23.9 Å². The molecule has 0 heterocycles. The number of carbonyl (C=O) groups excluding carboxylic acids is 3. The molecule has 8 heteroatoms. The fourth-order valence-electron chi connectivity index (χ4n) is 4.11. The number of aryl methyl sites for hydroxylation is 2. The molecular formula is C31H33BrN2O5. The predicted molar refractivity (Wildman–Crippen MR) is 155 cm³/mol. The smallest absolute Gasteiger partial charge is 0.407 e. The zero-order chi connectivity index (χ0) is 28.2. The van der Waals surface area contributed by atoms with Crippen LogP contribution in [0.2, 0.25) is 0 Å². The Bertz CT molecular complexity index is 1300. The van der Waals surface area contributed by atoms with Crippen LogP contribution >= 0.6 is 15.9 Å². The van der Waals surface area contributed by atoms with E-state index >= 15 is 0 Å². The van der Waals surface area contributed by atoms with Crippen LogP contribution in [-0.2, 0) is 32.1 Å². The molecule has 3 aromatic rings. The number of halogens is 1. The minimum absolute atomic E-state index is 0.0858. The molecule has 7 nitrogen and oxygen atoms in total. The summed E-state index contributed by atoms with van der Waals surface area (Å²) in [5, 5.41) is 5.60. The summed E-state index contributed by atoms with van der Waals surface area (Å²) < 4.78 is 11.5. The van der Waals surface area contributed by atoms with E-state index in [0.717, 1.165) is 21.2 Å². The molecule has 0 aliphatic rings. The fourth-order valence-corrected chi connectivity index (χ4v) is 4.80. The average molecular weight is 594 g/mol. The molecule has 0 bridgehead atoms. The van der Waals surface area contributed by atoms with Gasteiger partial charge in [-0.15, -0.1) is 0 Å². The molecule has 0 saturated carbocycles. The third-order valence-electron chi connectivity index (χ3n) is 5.99. The molecule has 3 rings (SSSR count). The number of amides is 2. The van der Waals surface area contributed by atoms with E-state index in [1.54, 1.807) is 31.2 Å². The maximum atomic E-state index is 12.6. The molecule has 2 amide bonds. The Balaban J connectivity index is 1.66. The second kappa shape index (κ2) is 14.9. The van der Waals surface area contributed by atoms with Crippen molar-refractivity contribution in [2.45, 2.75) is 46.3 Å². The largest absolute Gasteiger partial charge is 0.466 e. The lowest BCUT2D eigenvalue weighted by molar-refractivity contribution is -0.143. The standard InChI is InChI=1S/C31H33BrN2O5/c1-4-38-30(36)19-28(34-31(37)39-20-23-10-6-5-7-11-23)24-12-8-13-26(18-24)33-29(35)15-9-14-27-21(2)16-25(32)17-22(27)3/h5-13,15-18,28H,4,14,19-20H2,1-3H3,(H,33,35)(H,34,37)/b15-9+. The van der Waals surface area contributed by atoms with Gasteiger partial charge in [0.2, 0.25) is 5.91 Å². The molecule has 1 unspecified atom stereocenters. The van der Waals surface area contributed by atoms with E-state index in [-0.39, 0.29) is 25.5 Å². The first-order valence-electron chi connectivity index (χ1n) is 12.7. The lowest BCUT2D eigenvalue weighted by Gasteiger charge is -2.19. The number of allylic oxidation sites excluding steroid dienone is 1. The van der Waals surface area contributed by atoms with Gasteiger partial charge in [-0.2, -0.15) is 0 Å². The van der Waals surface area contributed by atoms with Gasteiger partial charge in [-0.3, -0.25) is 9.59 Å². The third-order valence-corrected chi connectivity index (χ3v) is 6.45. The van der Waals surface area contributed by atoms with Crippen LogP contribution in [0.5, 0.6) is 0 Å². The summed E-state index contributed by atoms with van der Waals surface area (Å²) in [4.78, 5) is 37.4. The number of alkyl carbamates (subject to hydrolysis) is 1. The van der Waals surface area contributed by atoms with Gasteiger partial charge in [0.25, 0.3) is 0 Å². The molecule has 204 valence electrons. The molecule has 0 spiro atoms. The molecule has 1 atom stereocenters. The molecule has 0 saturated heterocycles. The number of rotatable bonds is 11. The van der Waals surface area contributed by atoms with Crippen LogP contribution in [0.25, 0.3) is 0 Å². The van der Waals surface area contributed by atoms with E-state index in [2.05, 4.69) is 38.7 Å². The first kappa shape index (κ1) is 29.6. The Morgan fingerprint density at radius 2 is 1.67 bits per heavy atom. The molecule has 2 N–H and O–H groups in total. The maximum Gasteiger partial charge on any atom is 0.407 e. The predicted octanol–water partition coefficient (Wildman–Crippen LogP) is 6.72. The first-order chi connectivity index (χ1) is 18.7. The van der Waals surface area contributed by atoms with Crippen molar-refractivity contribution in [1.29, 1.82) is 0 Å². The van der Waals surface area contributed by atoms with E-state index in [1.807, 2.05) is 50.3 Å². The van der Waals surface area contributed by atoms with Crippen LogP contribution in [0.3, 0.4) is 0 Å². The highest BCUT2D eigenvalue weighted by molar-refractivity contribution is 9.10. The summed E-state index contributed by atoms with van der Waals surface area (Å²) in [6, 6.07) is 19.7. The van der Waals surface area contributed by atoms with Crippen LogP contribution in [0, 0.1) is 13.8 Å². The molecule has 0 aliphatic carbocycles. The Morgan fingerprint density at radius 3 is 2.36 bits per heavy atom. The minimum Gasteiger partial charge on any atom is -0.466 e. The van der Waals surface area contributed by atoms with Crippen LogP contribution in [0.1, 0.15) is 47.2 Å². The molecule has 3 aromatic carbocycles. The minimum atomic E-state index is -0.705. The molecule has 39 heavy (non-hydrogen) atoms. The second-order valence-electron chi connectivity index (χ2n) is 9.01. The highest BCUT2D eigenvalue weighted by atomic mass is 79.9. The maximum absolute atomic E-state index is 12.6. The van der Waals surface area contributed by atoms with Crippen molar-refractivity contribution in [2.24, 2.45) is 0 Å². The summed E-state index contributed by atoms with van der Waals surface area (Å²) >= 11 is 3.50. The highest BCUT2D eigenvalue weighted by Crippen LogP contribution is 2.23. The Hall–Kier alpha value is -3.91. The van der Waals surface area contributed by atoms with Gasteiger partial charge >= 0.3 is 12.1 Å². The SMILES string of the molecule is CCOC(=O)CC(NC(=O)OCc1ccccc1)c1cccc(NC(=O)/C=C/Cc2c(C)cc(Br)cc2C)c1. The summed E-state index contributed by atoms with van der Waals surface area (Å²) in [6.07, 6.45) is 3.22. The summed E-state index contributed by atoms with van der Waals surface area (Å²) in [5.74, 6) is -0.737. The highest BCUT2D eigenvalue weighted by Gasteiger charge is 2.21.